The highest BCUT2D eigenvalue weighted by Crippen LogP contribution is 2.23. The molecule has 3 rings (SSSR count). The molecule has 2 heterocycles. The second kappa shape index (κ2) is 6.03. The first kappa shape index (κ1) is 14.4. The lowest BCUT2D eigenvalue weighted by molar-refractivity contribution is 0.0854. The summed E-state index contributed by atoms with van der Waals surface area (Å²) in [6.45, 7) is 2.51. The minimum Gasteiger partial charge on any atom is -0.444 e. The Bertz CT molecular complexity index is 774. The van der Waals surface area contributed by atoms with Crippen molar-refractivity contribution in [3.8, 4) is 17.6 Å². The van der Waals surface area contributed by atoms with Gasteiger partial charge in [0.2, 0.25) is 12.1 Å². The third-order valence-electron chi connectivity index (χ3n) is 3.19. The van der Waals surface area contributed by atoms with Crippen LogP contribution in [0.15, 0.2) is 39.9 Å². The maximum Gasteiger partial charge on any atom is 0.281 e. The van der Waals surface area contributed by atoms with Gasteiger partial charge in [-0.2, -0.15) is 5.26 Å². The molecule has 0 N–H and O–H groups in total. The van der Waals surface area contributed by atoms with Crippen molar-refractivity contribution in [3.63, 3.8) is 0 Å². The maximum atomic E-state index is 12.4. The Kier molecular flexibility index (Phi) is 3.94. The van der Waals surface area contributed by atoms with E-state index in [-0.39, 0.29) is 11.6 Å². The van der Waals surface area contributed by atoms with Crippen LogP contribution in [0.25, 0.3) is 11.5 Å². The number of aliphatic imine (C=N–C) groups is 1. The molecule has 6 nitrogen and oxygen atoms in total. The number of rotatable bonds is 2. The molecule has 1 aromatic carbocycles. The number of oxazole rings is 1. The summed E-state index contributed by atoms with van der Waals surface area (Å²) in [4.78, 5) is 21.8. The number of hydrogen-bond acceptors (Lipinski definition) is 6. The SMILES string of the molecule is Cc1ccc(-c2nc(C(=O)N3CCSC3=NC#N)co2)cc1. The van der Waals surface area contributed by atoms with Crippen LogP contribution in [0.1, 0.15) is 16.1 Å². The van der Waals surface area contributed by atoms with Crippen LogP contribution in [0.4, 0.5) is 0 Å². The van der Waals surface area contributed by atoms with Crippen molar-refractivity contribution in [2.75, 3.05) is 12.3 Å². The van der Waals surface area contributed by atoms with Crippen molar-refractivity contribution < 1.29 is 9.21 Å². The second-order valence-corrected chi connectivity index (χ2v) is 5.77. The molecule has 0 atom stereocenters. The highest BCUT2D eigenvalue weighted by atomic mass is 32.2. The van der Waals surface area contributed by atoms with E-state index in [0.717, 1.165) is 16.9 Å². The summed E-state index contributed by atoms with van der Waals surface area (Å²) in [6, 6.07) is 7.69. The predicted octanol–water partition coefficient (Wildman–Crippen LogP) is 2.68. The zero-order chi connectivity index (χ0) is 15.5. The van der Waals surface area contributed by atoms with Gasteiger partial charge in [-0.25, -0.2) is 4.98 Å². The Morgan fingerprint density at radius 1 is 1.45 bits per heavy atom. The number of carbonyl (C=O) groups excluding carboxylic acids is 1. The molecule has 1 amide bonds. The van der Waals surface area contributed by atoms with Gasteiger partial charge in [0.1, 0.15) is 6.26 Å². The molecular formula is C15H12N4O2S. The fourth-order valence-corrected chi connectivity index (χ4v) is 2.96. The first-order valence-electron chi connectivity index (χ1n) is 6.63. The molecule has 1 aromatic heterocycles. The van der Waals surface area contributed by atoms with Crippen molar-refractivity contribution in [1.82, 2.24) is 9.88 Å². The molecule has 0 spiro atoms. The van der Waals surface area contributed by atoms with Gasteiger partial charge >= 0.3 is 0 Å². The number of benzene rings is 1. The van der Waals surface area contributed by atoms with E-state index in [4.69, 9.17) is 9.68 Å². The highest BCUT2D eigenvalue weighted by molar-refractivity contribution is 8.14. The topological polar surface area (TPSA) is 82.5 Å². The number of carbonyl (C=O) groups is 1. The molecule has 1 fully saturated rings. The zero-order valence-corrected chi connectivity index (χ0v) is 12.6. The minimum atomic E-state index is -0.305. The Hall–Kier alpha value is -2.59. The van der Waals surface area contributed by atoms with Gasteiger partial charge < -0.3 is 4.42 Å². The zero-order valence-electron chi connectivity index (χ0n) is 11.8. The van der Waals surface area contributed by atoms with Gasteiger partial charge in [0.25, 0.3) is 5.91 Å². The monoisotopic (exact) mass is 312 g/mol. The molecule has 0 saturated carbocycles. The molecular weight excluding hydrogens is 300 g/mol. The molecule has 1 aliphatic heterocycles. The van der Waals surface area contributed by atoms with E-state index in [1.54, 1.807) is 6.19 Å². The van der Waals surface area contributed by atoms with Crippen molar-refractivity contribution >= 4 is 22.8 Å². The van der Waals surface area contributed by atoms with Crippen molar-refractivity contribution in [2.45, 2.75) is 6.92 Å². The van der Waals surface area contributed by atoms with E-state index < -0.39 is 0 Å². The fraction of sp³-hybridized carbons (Fsp3) is 0.200. The van der Waals surface area contributed by atoms with Crippen molar-refractivity contribution in [1.29, 1.82) is 5.26 Å². The van der Waals surface area contributed by atoms with E-state index >= 15 is 0 Å². The molecule has 0 unspecified atom stereocenters. The van der Waals surface area contributed by atoms with E-state index in [2.05, 4.69) is 9.98 Å². The average molecular weight is 312 g/mol. The minimum absolute atomic E-state index is 0.212. The Balaban J connectivity index is 1.84. The Morgan fingerprint density at radius 2 is 2.23 bits per heavy atom. The highest BCUT2D eigenvalue weighted by Gasteiger charge is 2.29. The van der Waals surface area contributed by atoms with E-state index in [1.165, 1.54) is 22.9 Å². The lowest BCUT2D eigenvalue weighted by Crippen LogP contribution is -2.31. The van der Waals surface area contributed by atoms with Gasteiger partial charge in [-0.1, -0.05) is 29.5 Å². The van der Waals surface area contributed by atoms with Gasteiger partial charge in [0, 0.05) is 17.9 Å². The van der Waals surface area contributed by atoms with Crippen molar-refractivity contribution in [3.05, 3.63) is 41.8 Å². The van der Waals surface area contributed by atoms with Crippen LogP contribution >= 0.6 is 11.8 Å². The largest absolute Gasteiger partial charge is 0.444 e. The van der Waals surface area contributed by atoms with Crippen LogP contribution in [-0.4, -0.2) is 33.3 Å². The lowest BCUT2D eigenvalue weighted by atomic mass is 10.1. The van der Waals surface area contributed by atoms with Crippen LogP contribution in [0.5, 0.6) is 0 Å². The molecule has 1 saturated heterocycles. The van der Waals surface area contributed by atoms with E-state index in [1.807, 2.05) is 31.2 Å². The molecule has 2 aromatic rings. The summed E-state index contributed by atoms with van der Waals surface area (Å²) in [7, 11) is 0. The molecule has 0 aliphatic carbocycles. The molecule has 0 radical (unpaired) electrons. The number of thioether (sulfide) groups is 1. The van der Waals surface area contributed by atoms with Gasteiger partial charge in [0.15, 0.2) is 10.9 Å². The number of nitriles is 1. The lowest BCUT2D eigenvalue weighted by Gasteiger charge is -2.12. The first-order valence-corrected chi connectivity index (χ1v) is 7.61. The number of aromatic nitrogens is 1. The van der Waals surface area contributed by atoms with Crippen molar-refractivity contribution in [2.24, 2.45) is 4.99 Å². The molecule has 22 heavy (non-hydrogen) atoms. The Morgan fingerprint density at radius 3 is 2.95 bits per heavy atom. The van der Waals surface area contributed by atoms with Crippen LogP contribution in [-0.2, 0) is 0 Å². The van der Waals surface area contributed by atoms with Gasteiger partial charge in [-0.15, -0.1) is 4.99 Å². The van der Waals surface area contributed by atoms with Crippen LogP contribution in [0.2, 0.25) is 0 Å². The number of hydrogen-bond donors (Lipinski definition) is 0. The standard InChI is InChI=1S/C15H12N4O2S/c1-10-2-4-11(5-3-10)13-18-12(8-21-13)14(20)19-6-7-22-15(19)17-9-16/h2-5,8H,6-7H2,1H3. The van der Waals surface area contributed by atoms with E-state index in [0.29, 0.717) is 17.6 Å². The average Bonchev–Trinajstić information content (AvgIpc) is 3.17. The van der Waals surface area contributed by atoms with Gasteiger partial charge in [-0.05, 0) is 19.1 Å². The second-order valence-electron chi connectivity index (χ2n) is 4.70. The number of amides is 1. The smallest absolute Gasteiger partial charge is 0.281 e. The van der Waals surface area contributed by atoms with Gasteiger partial charge in [-0.3, -0.25) is 9.69 Å². The molecule has 1 aliphatic rings. The van der Waals surface area contributed by atoms with Crippen LogP contribution in [0, 0.1) is 18.4 Å². The van der Waals surface area contributed by atoms with Gasteiger partial charge in [0.05, 0.1) is 0 Å². The molecule has 110 valence electrons. The molecule has 0 bridgehead atoms. The third-order valence-corrected chi connectivity index (χ3v) is 4.15. The van der Waals surface area contributed by atoms with E-state index in [9.17, 15) is 4.79 Å². The quantitative estimate of drug-likeness (QED) is 0.796. The first-order chi connectivity index (χ1) is 10.7. The van der Waals surface area contributed by atoms with Crippen LogP contribution < -0.4 is 0 Å². The third kappa shape index (κ3) is 2.73. The molecule has 7 heteroatoms. The summed E-state index contributed by atoms with van der Waals surface area (Å²) < 4.78 is 5.40. The van der Waals surface area contributed by atoms with Crippen LogP contribution in [0.3, 0.4) is 0 Å². The normalized spacial score (nSPS) is 16.0. The fourth-order valence-electron chi connectivity index (χ4n) is 2.06. The predicted molar refractivity (Wildman–Crippen MR) is 83.2 cm³/mol. The number of aryl methyl sites for hydroxylation is 1. The number of nitrogens with zero attached hydrogens (tertiary/aromatic N) is 4. The number of amidine groups is 1. The summed E-state index contributed by atoms with van der Waals surface area (Å²) in [5.74, 6) is 0.810. The maximum absolute atomic E-state index is 12.4. The summed E-state index contributed by atoms with van der Waals surface area (Å²) in [5, 5.41) is 9.06. The summed E-state index contributed by atoms with van der Waals surface area (Å²) in [6.07, 6.45) is 3.05. The summed E-state index contributed by atoms with van der Waals surface area (Å²) >= 11 is 1.38. The summed E-state index contributed by atoms with van der Waals surface area (Å²) in [5.41, 5.74) is 2.16. The Labute approximate surface area is 131 Å².